The third kappa shape index (κ3) is 5.38. The number of rotatable bonds is 8. The zero-order valence-electron chi connectivity index (χ0n) is 17.5. The van der Waals surface area contributed by atoms with E-state index in [2.05, 4.69) is 22.4 Å². The maximum absolute atomic E-state index is 13.0. The first-order valence-electron chi connectivity index (χ1n) is 9.72. The van der Waals surface area contributed by atoms with Crippen molar-refractivity contribution < 1.29 is 13.9 Å². The minimum atomic E-state index is -0.344. The Morgan fingerprint density at radius 1 is 1.17 bits per heavy atom. The van der Waals surface area contributed by atoms with Gasteiger partial charge in [0.1, 0.15) is 11.6 Å². The molecule has 1 unspecified atom stereocenters. The van der Waals surface area contributed by atoms with Gasteiger partial charge in [-0.3, -0.25) is 4.79 Å². The van der Waals surface area contributed by atoms with Gasteiger partial charge in [0.05, 0.1) is 5.75 Å². The van der Waals surface area contributed by atoms with Crippen molar-refractivity contribution in [3.63, 3.8) is 0 Å². The molecule has 1 atom stereocenters. The van der Waals surface area contributed by atoms with E-state index in [1.165, 1.54) is 47.2 Å². The largest absolute Gasteiger partial charge is 0.483 e. The maximum Gasteiger partial charge on any atom is 0.234 e. The molecule has 0 fully saturated rings. The minimum absolute atomic E-state index is 0.169. The fraction of sp³-hybridized carbons (Fsp3) is 0.318. The van der Waals surface area contributed by atoms with E-state index < -0.39 is 0 Å². The van der Waals surface area contributed by atoms with E-state index in [0.717, 1.165) is 5.75 Å². The number of carbonyl (C=O) groups excluding carboxylic acids is 1. The Morgan fingerprint density at radius 3 is 2.57 bits per heavy atom. The smallest absolute Gasteiger partial charge is 0.234 e. The lowest BCUT2D eigenvalue weighted by Gasteiger charge is -2.16. The number of nitrogens with zero attached hydrogens (tertiary/aromatic N) is 3. The van der Waals surface area contributed by atoms with Gasteiger partial charge in [0.15, 0.2) is 17.1 Å². The van der Waals surface area contributed by atoms with Crippen molar-refractivity contribution in [1.29, 1.82) is 0 Å². The molecule has 0 spiro atoms. The summed E-state index contributed by atoms with van der Waals surface area (Å²) in [4.78, 5) is 12.2. The van der Waals surface area contributed by atoms with Crippen molar-refractivity contribution in [2.75, 3.05) is 11.1 Å². The summed E-state index contributed by atoms with van der Waals surface area (Å²) in [6, 6.07) is 11.6. The van der Waals surface area contributed by atoms with Crippen molar-refractivity contribution in [2.24, 2.45) is 0 Å². The molecule has 6 nitrogen and oxygen atoms in total. The summed E-state index contributed by atoms with van der Waals surface area (Å²) in [5.74, 6) is 1.12. The number of aryl methyl sites for hydroxylation is 2. The first-order valence-corrected chi connectivity index (χ1v) is 10.7. The quantitative estimate of drug-likeness (QED) is 0.516. The van der Waals surface area contributed by atoms with Gasteiger partial charge in [0.25, 0.3) is 0 Å². The van der Waals surface area contributed by atoms with Crippen molar-refractivity contribution in [3.05, 3.63) is 65.2 Å². The van der Waals surface area contributed by atoms with E-state index in [1.807, 2.05) is 43.5 Å². The molecule has 3 rings (SSSR count). The van der Waals surface area contributed by atoms with Crippen LogP contribution in [-0.4, -0.2) is 26.4 Å². The number of aromatic nitrogens is 3. The second-order valence-electron chi connectivity index (χ2n) is 6.93. The van der Waals surface area contributed by atoms with Gasteiger partial charge >= 0.3 is 0 Å². The number of halogens is 1. The third-order valence-electron chi connectivity index (χ3n) is 4.68. The first-order chi connectivity index (χ1) is 14.4. The highest BCUT2D eigenvalue weighted by Gasteiger charge is 2.19. The summed E-state index contributed by atoms with van der Waals surface area (Å²) in [6.07, 6.45) is -0.290. The molecule has 30 heavy (non-hydrogen) atoms. The van der Waals surface area contributed by atoms with Gasteiger partial charge in [-0.1, -0.05) is 17.8 Å². The molecule has 0 aliphatic heterocycles. The normalized spacial score (nSPS) is 11.9. The lowest BCUT2D eigenvalue weighted by molar-refractivity contribution is -0.113. The standard InChI is InChI=1S/C22H25FN4O2S/c1-5-27-21(16(4)29-19-11-6-14(2)15(3)12-19)25-26-22(27)30-13-20(28)24-18-9-7-17(23)8-10-18/h6-12,16H,5,13H2,1-4H3,(H,24,28). The van der Waals surface area contributed by atoms with Crippen LogP contribution >= 0.6 is 11.8 Å². The highest BCUT2D eigenvalue weighted by Crippen LogP contribution is 2.26. The molecule has 0 saturated carbocycles. The first kappa shape index (κ1) is 21.8. The Morgan fingerprint density at radius 2 is 1.90 bits per heavy atom. The highest BCUT2D eigenvalue weighted by molar-refractivity contribution is 7.99. The molecule has 0 saturated heterocycles. The number of hydrogen-bond acceptors (Lipinski definition) is 5. The van der Waals surface area contributed by atoms with Crippen LogP contribution in [0, 0.1) is 19.7 Å². The SMILES string of the molecule is CCn1c(SCC(=O)Nc2ccc(F)cc2)nnc1C(C)Oc1ccc(C)c(C)c1. The molecule has 3 aromatic rings. The van der Waals surface area contributed by atoms with Gasteiger partial charge in [-0.25, -0.2) is 4.39 Å². The second kappa shape index (κ2) is 9.75. The molecule has 0 bridgehead atoms. The number of nitrogens with one attached hydrogen (secondary N) is 1. The summed E-state index contributed by atoms with van der Waals surface area (Å²) in [6.45, 7) is 8.70. The number of thioether (sulfide) groups is 1. The molecule has 0 radical (unpaired) electrons. The second-order valence-corrected chi connectivity index (χ2v) is 7.88. The van der Waals surface area contributed by atoms with Crippen LogP contribution < -0.4 is 10.1 Å². The molecule has 0 aliphatic rings. The van der Waals surface area contributed by atoms with Crippen LogP contribution in [0.4, 0.5) is 10.1 Å². The number of amides is 1. The number of carbonyl (C=O) groups is 1. The van der Waals surface area contributed by atoms with Crippen molar-refractivity contribution in [2.45, 2.75) is 45.5 Å². The molecule has 1 aromatic heterocycles. The van der Waals surface area contributed by atoms with Crippen molar-refractivity contribution in [1.82, 2.24) is 14.8 Å². The lowest BCUT2D eigenvalue weighted by Crippen LogP contribution is -2.15. The lowest BCUT2D eigenvalue weighted by atomic mass is 10.1. The van der Waals surface area contributed by atoms with Crippen LogP contribution in [0.3, 0.4) is 0 Å². The predicted octanol–water partition coefficient (Wildman–Crippen LogP) is 4.92. The van der Waals surface area contributed by atoms with Crippen molar-refractivity contribution in [3.8, 4) is 5.75 Å². The van der Waals surface area contributed by atoms with Gasteiger partial charge < -0.3 is 14.6 Å². The van der Waals surface area contributed by atoms with E-state index in [-0.39, 0.29) is 23.6 Å². The Hall–Kier alpha value is -2.87. The third-order valence-corrected chi connectivity index (χ3v) is 5.64. The highest BCUT2D eigenvalue weighted by atomic mass is 32.2. The van der Waals surface area contributed by atoms with Crippen LogP contribution in [0.15, 0.2) is 47.6 Å². The number of hydrogen-bond donors (Lipinski definition) is 1. The van der Waals surface area contributed by atoms with E-state index in [0.29, 0.717) is 23.2 Å². The van der Waals surface area contributed by atoms with Crippen LogP contribution in [0.1, 0.15) is 36.9 Å². The number of benzene rings is 2. The van der Waals surface area contributed by atoms with Crippen LogP contribution in [0.2, 0.25) is 0 Å². The Bertz CT molecular complexity index is 1020. The fourth-order valence-electron chi connectivity index (χ4n) is 2.91. The van der Waals surface area contributed by atoms with E-state index >= 15 is 0 Å². The summed E-state index contributed by atoms with van der Waals surface area (Å²) in [5.41, 5.74) is 2.93. The Balaban J connectivity index is 1.63. The molecule has 1 N–H and O–H groups in total. The summed E-state index contributed by atoms with van der Waals surface area (Å²) in [5, 5.41) is 11.9. The number of anilines is 1. The fourth-order valence-corrected chi connectivity index (χ4v) is 3.72. The molecule has 0 aliphatic carbocycles. The van der Waals surface area contributed by atoms with Crippen molar-refractivity contribution >= 4 is 23.4 Å². The molecule has 158 valence electrons. The van der Waals surface area contributed by atoms with Gasteiger partial charge in [-0.2, -0.15) is 0 Å². The van der Waals surface area contributed by atoms with E-state index in [4.69, 9.17) is 4.74 Å². The van der Waals surface area contributed by atoms with Crippen LogP contribution in [0.25, 0.3) is 0 Å². The van der Waals surface area contributed by atoms with Gasteiger partial charge in [-0.15, -0.1) is 10.2 Å². The van der Waals surface area contributed by atoms with Gasteiger partial charge in [0, 0.05) is 12.2 Å². The summed E-state index contributed by atoms with van der Waals surface area (Å²) < 4.78 is 21.0. The Labute approximate surface area is 179 Å². The minimum Gasteiger partial charge on any atom is -0.483 e. The predicted molar refractivity (Wildman–Crippen MR) is 116 cm³/mol. The average molecular weight is 429 g/mol. The summed E-state index contributed by atoms with van der Waals surface area (Å²) >= 11 is 1.30. The average Bonchev–Trinajstić information content (AvgIpc) is 3.14. The monoisotopic (exact) mass is 428 g/mol. The van der Waals surface area contributed by atoms with Gasteiger partial charge in [0.2, 0.25) is 5.91 Å². The van der Waals surface area contributed by atoms with Crippen LogP contribution in [-0.2, 0) is 11.3 Å². The molecule has 8 heteroatoms. The molecule has 1 heterocycles. The zero-order chi connectivity index (χ0) is 21.7. The van der Waals surface area contributed by atoms with E-state index in [1.54, 1.807) is 0 Å². The molecule has 2 aromatic carbocycles. The molecular weight excluding hydrogens is 403 g/mol. The Kier molecular flexibility index (Phi) is 7.10. The van der Waals surface area contributed by atoms with Gasteiger partial charge in [-0.05, 0) is 75.2 Å². The topological polar surface area (TPSA) is 69.0 Å². The van der Waals surface area contributed by atoms with E-state index in [9.17, 15) is 9.18 Å². The molecular formula is C22H25FN4O2S. The maximum atomic E-state index is 13.0. The van der Waals surface area contributed by atoms with Crippen LogP contribution in [0.5, 0.6) is 5.75 Å². The summed E-state index contributed by atoms with van der Waals surface area (Å²) in [7, 11) is 0. The molecule has 1 amide bonds. The number of ether oxygens (including phenoxy) is 1. The zero-order valence-corrected chi connectivity index (χ0v) is 18.3.